The maximum Gasteiger partial charge on any atom is 0.251 e. The Bertz CT molecular complexity index is 443. The minimum atomic E-state index is -0.431. The third-order valence-corrected chi connectivity index (χ3v) is 3.29. The summed E-state index contributed by atoms with van der Waals surface area (Å²) in [6, 6.07) is 4.78. The number of carbonyl (C=O) groups excluding carboxylic acids is 1. The molecule has 0 aliphatic heterocycles. The molecule has 3 N–H and O–H groups in total. The summed E-state index contributed by atoms with van der Waals surface area (Å²) in [5, 5.41) is 3.85. The third kappa shape index (κ3) is 5.01. The fourth-order valence-electron chi connectivity index (χ4n) is 2.12. The van der Waals surface area contributed by atoms with E-state index in [1.54, 1.807) is 18.2 Å². The van der Waals surface area contributed by atoms with Crippen LogP contribution in [-0.4, -0.2) is 18.0 Å². The molecule has 5 heteroatoms. The molecule has 0 spiro atoms. The minimum absolute atomic E-state index is 0.210. The van der Waals surface area contributed by atoms with Crippen molar-refractivity contribution in [2.75, 3.05) is 6.54 Å². The molecule has 1 aromatic carbocycles. The number of benzene rings is 1. The normalized spacial score (nSPS) is 14.3. The van der Waals surface area contributed by atoms with Crippen LogP contribution in [-0.2, 0) is 0 Å². The molecule has 0 aliphatic rings. The Morgan fingerprint density at radius 2 is 1.84 bits per heavy atom. The number of nitrogens with two attached hydrogens (primary N) is 1. The highest BCUT2D eigenvalue weighted by atomic mass is 35.5. The largest absolute Gasteiger partial charge is 0.346 e. The van der Waals surface area contributed by atoms with Gasteiger partial charge < -0.3 is 11.1 Å². The van der Waals surface area contributed by atoms with Crippen LogP contribution in [0.2, 0.25) is 10.0 Å². The highest BCUT2D eigenvalue weighted by molar-refractivity contribution is 6.35. The van der Waals surface area contributed by atoms with E-state index in [1.807, 2.05) is 6.92 Å². The van der Waals surface area contributed by atoms with Crippen LogP contribution in [0.15, 0.2) is 18.2 Å². The Morgan fingerprint density at radius 3 is 2.26 bits per heavy atom. The summed E-state index contributed by atoms with van der Waals surface area (Å²) in [5.41, 5.74) is 5.79. The van der Waals surface area contributed by atoms with Gasteiger partial charge >= 0.3 is 0 Å². The summed E-state index contributed by atoms with van der Waals surface area (Å²) in [5.74, 6) is 0.231. The van der Waals surface area contributed by atoms with Gasteiger partial charge in [0.1, 0.15) is 0 Å². The Labute approximate surface area is 124 Å². The monoisotopic (exact) mass is 302 g/mol. The van der Waals surface area contributed by atoms with Gasteiger partial charge in [-0.3, -0.25) is 4.79 Å². The number of carbonyl (C=O) groups is 1. The molecule has 1 rings (SSSR count). The average Bonchev–Trinajstić information content (AvgIpc) is 2.26. The lowest BCUT2D eigenvalue weighted by atomic mass is 9.90. The van der Waals surface area contributed by atoms with Crippen LogP contribution in [0.1, 0.15) is 37.6 Å². The maximum atomic E-state index is 12.2. The summed E-state index contributed by atoms with van der Waals surface area (Å²) in [7, 11) is 0. The van der Waals surface area contributed by atoms with Crippen LogP contribution in [0.25, 0.3) is 0 Å². The van der Waals surface area contributed by atoms with E-state index in [0.717, 1.165) is 6.42 Å². The highest BCUT2D eigenvalue weighted by Crippen LogP contribution is 2.21. The zero-order chi connectivity index (χ0) is 14.6. The van der Waals surface area contributed by atoms with Crippen LogP contribution >= 0.6 is 23.2 Å². The van der Waals surface area contributed by atoms with Crippen molar-refractivity contribution in [1.82, 2.24) is 5.32 Å². The topological polar surface area (TPSA) is 55.1 Å². The number of hydrogen-bond donors (Lipinski definition) is 2. The first kappa shape index (κ1) is 16.3. The fourth-order valence-corrected chi connectivity index (χ4v) is 2.64. The molecular formula is C14H20Cl2N2O. The molecule has 1 amide bonds. The summed E-state index contributed by atoms with van der Waals surface area (Å²) < 4.78 is 0. The van der Waals surface area contributed by atoms with Gasteiger partial charge in [-0.25, -0.2) is 0 Å². The average molecular weight is 303 g/mol. The van der Waals surface area contributed by atoms with Crippen molar-refractivity contribution in [2.24, 2.45) is 11.7 Å². The first-order valence-electron chi connectivity index (χ1n) is 6.24. The van der Waals surface area contributed by atoms with Gasteiger partial charge in [0.05, 0.1) is 0 Å². The molecule has 1 unspecified atom stereocenters. The molecule has 0 fully saturated rings. The third-order valence-electron chi connectivity index (χ3n) is 2.85. The zero-order valence-electron chi connectivity index (χ0n) is 11.5. The SMILES string of the molecule is CC(C)CC(C)(CN)NC(=O)c1cc(Cl)cc(Cl)c1. The second kappa shape index (κ2) is 6.60. The Balaban J connectivity index is 2.88. The van der Waals surface area contributed by atoms with Crippen LogP contribution in [0.5, 0.6) is 0 Å². The number of halogens is 2. The van der Waals surface area contributed by atoms with Crippen LogP contribution < -0.4 is 11.1 Å². The summed E-state index contributed by atoms with van der Waals surface area (Å²) in [4.78, 5) is 12.2. The number of amides is 1. The van der Waals surface area contributed by atoms with E-state index in [4.69, 9.17) is 28.9 Å². The smallest absolute Gasteiger partial charge is 0.251 e. The number of hydrogen-bond acceptors (Lipinski definition) is 2. The van der Waals surface area contributed by atoms with Gasteiger partial charge in [-0.15, -0.1) is 0 Å². The number of rotatable bonds is 5. The van der Waals surface area contributed by atoms with Crippen molar-refractivity contribution >= 4 is 29.1 Å². The molecular weight excluding hydrogens is 283 g/mol. The van der Waals surface area contributed by atoms with Crippen LogP contribution in [0, 0.1) is 5.92 Å². The summed E-state index contributed by atoms with van der Waals surface area (Å²) in [6.07, 6.45) is 0.809. The van der Waals surface area contributed by atoms with Crippen molar-refractivity contribution in [2.45, 2.75) is 32.7 Å². The van der Waals surface area contributed by atoms with Crippen molar-refractivity contribution in [3.8, 4) is 0 Å². The summed E-state index contributed by atoms with van der Waals surface area (Å²) >= 11 is 11.8. The molecule has 3 nitrogen and oxygen atoms in total. The van der Waals surface area contributed by atoms with E-state index in [2.05, 4.69) is 19.2 Å². The molecule has 0 saturated carbocycles. The molecule has 0 saturated heterocycles. The molecule has 1 atom stereocenters. The molecule has 0 bridgehead atoms. The van der Waals surface area contributed by atoms with E-state index in [1.165, 1.54) is 0 Å². The van der Waals surface area contributed by atoms with E-state index in [-0.39, 0.29) is 5.91 Å². The van der Waals surface area contributed by atoms with Gasteiger partial charge in [0, 0.05) is 27.7 Å². The van der Waals surface area contributed by atoms with E-state index in [0.29, 0.717) is 28.1 Å². The van der Waals surface area contributed by atoms with Gasteiger partial charge in [-0.1, -0.05) is 37.0 Å². The van der Waals surface area contributed by atoms with Gasteiger partial charge in [0.2, 0.25) is 0 Å². The van der Waals surface area contributed by atoms with E-state index in [9.17, 15) is 4.79 Å². The van der Waals surface area contributed by atoms with Crippen LogP contribution in [0.3, 0.4) is 0 Å². The van der Waals surface area contributed by atoms with Crippen molar-refractivity contribution in [3.05, 3.63) is 33.8 Å². The second-order valence-corrected chi connectivity index (χ2v) is 6.35. The molecule has 0 aromatic heterocycles. The molecule has 0 radical (unpaired) electrons. The predicted octanol–water partition coefficient (Wildman–Crippen LogP) is 3.49. The molecule has 1 aromatic rings. The van der Waals surface area contributed by atoms with E-state index < -0.39 is 5.54 Å². The lowest BCUT2D eigenvalue weighted by Crippen LogP contribution is -2.52. The first-order chi connectivity index (χ1) is 8.75. The minimum Gasteiger partial charge on any atom is -0.346 e. The highest BCUT2D eigenvalue weighted by Gasteiger charge is 2.26. The van der Waals surface area contributed by atoms with Crippen molar-refractivity contribution in [1.29, 1.82) is 0 Å². The first-order valence-corrected chi connectivity index (χ1v) is 7.00. The van der Waals surface area contributed by atoms with Crippen LogP contribution in [0.4, 0.5) is 0 Å². The summed E-state index contributed by atoms with van der Waals surface area (Å²) in [6.45, 7) is 6.51. The maximum absolute atomic E-state index is 12.2. The quantitative estimate of drug-likeness (QED) is 0.875. The van der Waals surface area contributed by atoms with Crippen molar-refractivity contribution in [3.63, 3.8) is 0 Å². The Kier molecular flexibility index (Phi) is 5.65. The van der Waals surface area contributed by atoms with Gasteiger partial charge in [-0.05, 0) is 37.5 Å². The lowest BCUT2D eigenvalue weighted by Gasteiger charge is -2.31. The van der Waals surface area contributed by atoms with E-state index >= 15 is 0 Å². The van der Waals surface area contributed by atoms with Gasteiger partial charge in [-0.2, -0.15) is 0 Å². The van der Waals surface area contributed by atoms with Gasteiger partial charge in [0.25, 0.3) is 5.91 Å². The molecule has 19 heavy (non-hydrogen) atoms. The molecule has 0 heterocycles. The van der Waals surface area contributed by atoms with Gasteiger partial charge in [0.15, 0.2) is 0 Å². The lowest BCUT2D eigenvalue weighted by molar-refractivity contribution is 0.0898. The molecule has 106 valence electrons. The molecule has 0 aliphatic carbocycles. The van der Waals surface area contributed by atoms with Crippen molar-refractivity contribution < 1.29 is 4.79 Å². The number of nitrogens with one attached hydrogen (secondary N) is 1. The fraction of sp³-hybridized carbons (Fsp3) is 0.500. The Hall–Kier alpha value is -0.770. The predicted molar refractivity (Wildman–Crippen MR) is 80.8 cm³/mol. The zero-order valence-corrected chi connectivity index (χ0v) is 13.0. The Morgan fingerprint density at radius 1 is 1.32 bits per heavy atom. The second-order valence-electron chi connectivity index (χ2n) is 5.48. The standard InChI is InChI=1S/C14H20Cl2N2O/c1-9(2)7-14(3,8-17)18-13(19)10-4-11(15)6-12(16)5-10/h4-6,9H,7-8,17H2,1-3H3,(H,18,19).